The second-order valence-corrected chi connectivity index (χ2v) is 6.10. The number of benzene rings is 2. The van der Waals surface area contributed by atoms with Gasteiger partial charge in [-0.25, -0.2) is 0 Å². The smallest absolute Gasteiger partial charge is 0.265 e. The van der Waals surface area contributed by atoms with Gasteiger partial charge in [-0.2, -0.15) is 0 Å². The van der Waals surface area contributed by atoms with Crippen molar-refractivity contribution in [2.75, 3.05) is 12.4 Å². The molecule has 6 heteroatoms. The first-order chi connectivity index (χ1) is 11.4. The predicted octanol–water partition coefficient (Wildman–Crippen LogP) is 5.11. The summed E-state index contributed by atoms with van der Waals surface area (Å²) in [6, 6.07) is 10.3. The Bertz CT molecular complexity index is 734. The summed E-state index contributed by atoms with van der Waals surface area (Å²) in [7, 11) is 1.53. The van der Waals surface area contributed by atoms with Crippen LogP contribution in [0.5, 0.6) is 11.5 Å². The molecule has 1 N–H and O–H groups in total. The van der Waals surface area contributed by atoms with Crippen LogP contribution in [0.2, 0.25) is 10.0 Å². The number of aryl methyl sites for hydroxylation is 1. The van der Waals surface area contributed by atoms with Gasteiger partial charge in [0.05, 0.1) is 12.8 Å². The molecule has 0 unspecified atom stereocenters. The minimum Gasteiger partial charge on any atom is -0.495 e. The van der Waals surface area contributed by atoms with E-state index in [1.807, 2.05) is 13.8 Å². The maximum atomic E-state index is 12.5. The predicted molar refractivity (Wildman–Crippen MR) is 97.5 cm³/mol. The van der Waals surface area contributed by atoms with Crippen molar-refractivity contribution in [1.82, 2.24) is 0 Å². The maximum Gasteiger partial charge on any atom is 0.265 e. The number of hydrogen-bond acceptors (Lipinski definition) is 3. The Balaban J connectivity index is 2.14. The molecule has 2 aromatic rings. The second kappa shape index (κ2) is 8.27. The van der Waals surface area contributed by atoms with Gasteiger partial charge in [-0.05, 0) is 55.3 Å². The molecule has 0 aliphatic rings. The number of anilines is 1. The molecule has 0 saturated carbocycles. The first-order valence-corrected chi connectivity index (χ1v) is 8.27. The van der Waals surface area contributed by atoms with Crippen LogP contribution >= 0.6 is 23.2 Å². The van der Waals surface area contributed by atoms with Crippen LogP contribution in [0, 0.1) is 6.92 Å². The lowest BCUT2D eigenvalue weighted by Crippen LogP contribution is -2.32. The summed E-state index contributed by atoms with van der Waals surface area (Å²) >= 11 is 12.0. The summed E-state index contributed by atoms with van der Waals surface area (Å²) in [5, 5.41) is 3.96. The lowest BCUT2D eigenvalue weighted by molar-refractivity contribution is -0.122. The first-order valence-electron chi connectivity index (χ1n) is 7.51. The number of hydrogen-bond donors (Lipinski definition) is 1. The quantitative estimate of drug-likeness (QED) is 0.771. The summed E-state index contributed by atoms with van der Waals surface area (Å²) in [4.78, 5) is 12.5. The highest BCUT2D eigenvalue weighted by Gasteiger charge is 2.20. The average molecular weight is 368 g/mol. The molecular weight excluding hydrogens is 349 g/mol. The molecule has 0 fully saturated rings. The molecule has 0 bridgehead atoms. The van der Waals surface area contributed by atoms with Gasteiger partial charge in [-0.3, -0.25) is 4.79 Å². The Morgan fingerprint density at radius 1 is 1.21 bits per heavy atom. The Morgan fingerprint density at radius 2 is 1.96 bits per heavy atom. The van der Waals surface area contributed by atoms with E-state index in [2.05, 4.69) is 5.32 Å². The van der Waals surface area contributed by atoms with Gasteiger partial charge in [0.15, 0.2) is 6.10 Å². The van der Waals surface area contributed by atoms with Gasteiger partial charge < -0.3 is 14.8 Å². The van der Waals surface area contributed by atoms with Crippen LogP contribution in [-0.2, 0) is 4.79 Å². The van der Waals surface area contributed by atoms with E-state index in [0.29, 0.717) is 33.7 Å². The zero-order valence-electron chi connectivity index (χ0n) is 13.7. The molecule has 0 spiro atoms. The molecule has 1 amide bonds. The van der Waals surface area contributed by atoms with E-state index in [-0.39, 0.29) is 5.91 Å². The van der Waals surface area contributed by atoms with Crippen LogP contribution in [-0.4, -0.2) is 19.1 Å². The van der Waals surface area contributed by atoms with E-state index in [4.69, 9.17) is 32.7 Å². The highest BCUT2D eigenvalue weighted by molar-refractivity contribution is 6.31. The van der Waals surface area contributed by atoms with E-state index in [1.54, 1.807) is 36.4 Å². The summed E-state index contributed by atoms with van der Waals surface area (Å²) in [6.07, 6.45) is -0.134. The number of halogens is 2. The van der Waals surface area contributed by atoms with Gasteiger partial charge in [0.25, 0.3) is 5.91 Å². The van der Waals surface area contributed by atoms with Gasteiger partial charge in [-0.15, -0.1) is 0 Å². The number of methoxy groups -OCH3 is 1. The van der Waals surface area contributed by atoms with Crippen molar-refractivity contribution < 1.29 is 14.3 Å². The van der Waals surface area contributed by atoms with Crippen molar-refractivity contribution in [2.45, 2.75) is 26.4 Å². The summed E-state index contributed by atoms with van der Waals surface area (Å²) in [6.45, 7) is 3.76. The minimum absolute atomic E-state index is 0.273. The molecule has 0 aliphatic carbocycles. The SMILES string of the molecule is CC[C@@H](Oc1ccc(Cl)c(C)c1)C(=O)Nc1cc(Cl)ccc1OC. The van der Waals surface area contributed by atoms with Crippen LogP contribution in [0.15, 0.2) is 36.4 Å². The Kier molecular flexibility index (Phi) is 6.35. The van der Waals surface area contributed by atoms with E-state index in [0.717, 1.165) is 5.56 Å². The summed E-state index contributed by atoms with van der Waals surface area (Å²) in [5.41, 5.74) is 1.39. The normalized spacial score (nSPS) is 11.7. The van der Waals surface area contributed by atoms with Crippen LogP contribution in [0.3, 0.4) is 0 Å². The van der Waals surface area contributed by atoms with E-state index < -0.39 is 6.10 Å². The molecule has 24 heavy (non-hydrogen) atoms. The minimum atomic E-state index is -0.644. The van der Waals surface area contributed by atoms with E-state index in [9.17, 15) is 4.79 Å². The third kappa shape index (κ3) is 4.56. The van der Waals surface area contributed by atoms with Crippen molar-refractivity contribution in [3.8, 4) is 11.5 Å². The molecule has 0 saturated heterocycles. The first kappa shape index (κ1) is 18.4. The largest absolute Gasteiger partial charge is 0.495 e. The third-order valence-corrected chi connectivity index (χ3v) is 4.15. The van der Waals surface area contributed by atoms with Crippen molar-refractivity contribution in [3.05, 3.63) is 52.0 Å². The fourth-order valence-electron chi connectivity index (χ4n) is 2.17. The average Bonchev–Trinajstić information content (AvgIpc) is 2.56. The Hall–Kier alpha value is -1.91. The van der Waals surface area contributed by atoms with Crippen molar-refractivity contribution >= 4 is 34.8 Å². The number of carbonyl (C=O) groups is 1. The third-order valence-electron chi connectivity index (χ3n) is 3.49. The Labute approximate surface area is 151 Å². The number of carbonyl (C=O) groups excluding carboxylic acids is 1. The van der Waals surface area contributed by atoms with Crippen molar-refractivity contribution in [2.24, 2.45) is 0 Å². The number of ether oxygens (including phenoxy) is 2. The maximum absolute atomic E-state index is 12.5. The fourth-order valence-corrected chi connectivity index (χ4v) is 2.46. The number of rotatable bonds is 6. The molecule has 0 aliphatic heterocycles. The number of nitrogens with one attached hydrogen (secondary N) is 1. The molecule has 2 rings (SSSR count). The topological polar surface area (TPSA) is 47.6 Å². The fraction of sp³-hybridized carbons (Fsp3) is 0.278. The molecule has 0 heterocycles. The van der Waals surface area contributed by atoms with Gasteiger partial charge in [0, 0.05) is 10.0 Å². The highest BCUT2D eigenvalue weighted by Crippen LogP contribution is 2.28. The van der Waals surface area contributed by atoms with Crippen LogP contribution in [0.4, 0.5) is 5.69 Å². The standard InChI is InChI=1S/C18H19Cl2NO3/c1-4-16(24-13-6-7-14(20)11(2)9-13)18(22)21-15-10-12(19)5-8-17(15)23-3/h5-10,16H,4H2,1-3H3,(H,21,22)/t16-/m1/s1. The second-order valence-electron chi connectivity index (χ2n) is 5.26. The van der Waals surface area contributed by atoms with Gasteiger partial charge in [0.2, 0.25) is 0 Å². The molecule has 2 aromatic carbocycles. The van der Waals surface area contributed by atoms with Gasteiger partial charge in [0.1, 0.15) is 11.5 Å². The lowest BCUT2D eigenvalue weighted by atomic mass is 10.2. The molecule has 1 atom stereocenters. The lowest BCUT2D eigenvalue weighted by Gasteiger charge is -2.19. The monoisotopic (exact) mass is 367 g/mol. The molecule has 4 nitrogen and oxygen atoms in total. The zero-order chi connectivity index (χ0) is 17.7. The summed E-state index contributed by atoms with van der Waals surface area (Å²) in [5.74, 6) is 0.854. The highest BCUT2D eigenvalue weighted by atomic mass is 35.5. The molecular formula is C18H19Cl2NO3. The molecule has 128 valence electrons. The van der Waals surface area contributed by atoms with Crippen LogP contribution in [0.1, 0.15) is 18.9 Å². The van der Waals surface area contributed by atoms with Gasteiger partial charge >= 0.3 is 0 Å². The molecule has 0 aromatic heterocycles. The zero-order valence-corrected chi connectivity index (χ0v) is 15.2. The van der Waals surface area contributed by atoms with Crippen LogP contribution < -0.4 is 14.8 Å². The van der Waals surface area contributed by atoms with Crippen molar-refractivity contribution in [1.29, 1.82) is 0 Å². The van der Waals surface area contributed by atoms with Gasteiger partial charge in [-0.1, -0.05) is 30.1 Å². The Morgan fingerprint density at radius 3 is 2.58 bits per heavy atom. The van der Waals surface area contributed by atoms with Crippen LogP contribution in [0.25, 0.3) is 0 Å². The number of amides is 1. The van der Waals surface area contributed by atoms with Crippen molar-refractivity contribution in [3.63, 3.8) is 0 Å². The van der Waals surface area contributed by atoms with E-state index >= 15 is 0 Å². The summed E-state index contributed by atoms with van der Waals surface area (Å²) < 4.78 is 11.0. The molecule has 0 radical (unpaired) electrons. The van der Waals surface area contributed by atoms with E-state index in [1.165, 1.54) is 7.11 Å².